The summed E-state index contributed by atoms with van der Waals surface area (Å²) in [5, 5.41) is 17.3. The SMILES string of the molecule is NC(=O)[C@H]1CCCCNC(=O)CC2NC(=O)N(C2=O)C2(CCCCC2)C(=O)N[C@H](Cc2ccccc2)C(=O)N[C@H](CCCN=C(N)N)C(=O)N[C@@H](Cc2c[nH]c3ccccc23)C(=O)N1. The van der Waals surface area contributed by atoms with Crippen LogP contribution in [0.15, 0.2) is 65.8 Å². The lowest BCUT2D eigenvalue weighted by atomic mass is 9.79. The number of para-hydroxylation sites is 1. The fourth-order valence-electron chi connectivity index (χ4n) is 8.68. The first kappa shape index (κ1) is 46.5. The molecule has 1 spiro atoms. The molecule has 2 bridgehead atoms. The van der Waals surface area contributed by atoms with Gasteiger partial charge >= 0.3 is 6.03 Å². The van der Waals surface area contributed by atoms with Gasteiger partial charge in [-0.15, -0.1) is 0 Å². The number of carbonyl (C=O) groups excluding carboxylic acids is 8. The monoisotopic (exact) mass is 882 g/mol. The minimum Gasteiger partial charge on any atom is -0.370 e. The van der Waals surface area contributed by atoms with Gasteiger partial charge in [0.05, 0.1) is 6.42 Å². The Balaban J connectivity index is 1.37. The zero-order chi connectivity index (χ0) is 45.8. The number of imide groups is 1. The molecule has 20 heteroatoms. The number of urea groups is 1. The molecule has 9 amide bonds. The van der Waals surface area contributed by atoms with E-state index in [0.717, 1.165) is 22.2 Å². The highest BCUT2D eigenvalue weighted by Crippen LogP contribution is 2.37. The lowest BCUT2D eigenvalue weighted by Crippen LogP contribution is -2.65. The number of nitrogens with zero attached hydrogens (tertiary/aromatic N) is 2. The number of H-pyrrole nitrogens is 1. The number of aromatic amines is 1. The van der Waals surface area contributed by atoms with Crippen LogP contribution in [0.2, 0.25) is 0 Å². The van der Waals surface area contributed by atoms with Crippen molar-refractivity contribution in [3.05, 3.63) is 71.9 Å². The molecule has 3 heterocycles. The number of rotatable bonds is 9. The van der Waals surface area contributed by atoms with E-state index in [0.29, 0.717) is 36.8 Å². The normalized spacial score (nSPS) is 24.2. The number of primary amides is 1. The summed E-state index contributed by atoms with van der Waals surface area (Å²) in [6.07, 6.45) is 4.29. The maximum absolute atomic E-state index is 14.7. The summed E-state index contributed by atoms with van der Waals surface area (Å²) in [4.78, 5) is 120. The van der Waals surface area contributed by atoms with Crippen LogP contribution in [0.5, 0.6) is 0 Å². The molecule has 5 atom stereocenters. The number of aliphatic imine (C=N–C) groups is 1. The van der Waals surface area contributed by atoms with Crippen molar-refractivity contribution >= 4 is 64.2 Å². The number of nitrogens with two attached hydrogens (primary N) is 3. The van der Waals surface area contributed by atoms with E-state index in [1.54, 1.807) is 36.5 Å². The van der Waals surface area contributed by atoms with Crippen LogP contribution in [-0.4, -0.2) is 112 Å². The molecule has 3 aromatic rings. The molecule has 1 aliphatic carbocycles. The summed E-state index contributed by atoms with van der Waals surface area (Å²) in [7, 11) is 0. The predicted octanol–water partition coefficient (Wildman–Crippen LogP) is -0.255. The first-order chi connectivity index (χ1) is 30.7. The van der Waals surface area contributed by atoms with Crippen LogP contribution in [0.3, 0.4) is 0 Å². The van der Waals surface area contributed by atoms with Crippen molar-refractivity contribution in [3.8, 4) is 0 Å². The highest BCUT2D eigenvalue weighted by molar-refractivity contribution is 6.10. The van der Waals surface area contributed by atoms with Crippen molar-refractivity contribution in [1.29, 1.82) is 0 Å². The van der Waals surface area contributed by atoms with Gasteiger partial charge in [0.1, 0.15) is 35.7 Å². The van der Waals surface area contributed by atoms with Crippen molar-refractivity contribution in [1.82, 2.24) is 41.8 Å². The fraction of sp³-hybridized carbons (Fsp3) is 0.477. The van der Waals surface area contributed by atoms with Gasteiger partial charge in [0.2, 0.25) is 35.4 Å². The lowest BCUT2D eigenvalue weighted by molar-refractivity contribution is -0.146. The molecular formula is C44H58N12O8. The number of carbonyl (C=O) groups is 8. The van der Waals surface area contributed by atoms with Crippen LogP contribution < -0.4 is 49.1 Å². The summed E-state index contributed by atoms with van der Waals surface area (Å²) in [6.45, 7) is 0.249. The Morgan fingerprint density at radius 2 is 1.41 bits per heavy atom. The Kier molecular flexibility index (Phi) is 15.5. The zero-order valence-corrected chi connectivity index (χ0v) is 35.7. The summed E-state index contributed by atoms with van der Waals surface area (Å²) in [6, 6.07) is 9.14. The molecule has 3 aliphatic rings. The van der Waals surface area contributed by atoms with Crippen molar-refractivity contribution in [2.24, 2.45) is 22.2 Å². The number of hydrogen-bond donors (Lipinski definition) is 10. The first-order valence-electron chi connectivity index (χ1n) is 21.8. The van der Waals surface area contributed by atoms with E-state index in [4.69, 9.17) is 17.2 Å². The molecule has 13 N–H and O–H groups in total. The van der Waals surface area contributed by atoms with Crippen molar-refractivity contribution in [2.45, 2.75) is 119 Å². The second-order valence-electron chi connectivity index (χ2n) is 16.6. The molecule has 2 aliphatic heterocycles. The highest BCUT2D eigenvalue weighted by Gasteiger charge is 2.55. The average Bonchev–Trinajstić information content (AvgIpc) is 3.81. The maximum atomic E-state index is 14.7. The van der Waals surface area contributed by atoms with Gasteiger partial charge in [0.15, 0.2) is 5.96 Å². The lowest BCUT2D eigenvalue weighted by Gasteiger charge is -2.42. The zero-order valence-electron chi connectivity index (χ0n) is 35.7. The molecule has 6 rings (SSSR count). The van der Waals surface area contributed by atoms with Crippen molar-refractivity contribution < 1.29 is 38.4 Å². The molecule has 0 radical (unpaired) electrons. The van der Waals surface area contributed by atoms with Crippen LogP contribution in [0, 0.1) is 0 Å². The summed E-state index contributed by atoms with van der Waals surface area (Å²) >= 11 is 0. The van der Waals surface area contributed by atoms with E-state index in [9.17, 15) is 38.4 Å². The second-order valence-corrected chi connectivity index (χ2v) is 16.6. The second kappa shape index (κ2) is 21.4. The first-order valence-corrected chi connectivity index (χ1v) is 21.8. The number of benzene rings is 2. The van der Waals surface area contributed by atoms with E-state index in [1.807, 2.05) is 24.3 Å². The Labute approximate surface area is 370 Å². The Morgan fingerprint density at radius 3 is 2.14 bits per heavy atom. The minimum atomic E-state index is -1.67. The number of nitrogens with one attached hydrogen (secondary N) is 7. The van der Waals surface area contributed by atoms with Gasteiger partial charge < -0.3 is 54.1 Å². The number of amides is 9. The van der Waals surface area contributed by atoms with Crippen molar-refractivity contribution in [3.63, 3.8) is 0 Å². The quantitative estimate of drug-likeness (QED) is 0.0581. The van der Waals surface area contributed by atoms with Gasteiger partial charge in [-0.05, 0) is 62.1 Å². The van der Waals surface area contributed by atoms with Gasteiger partial charge in [-0.1, -0.05) is 67.8 Å². The molecular weight excluding hydrogens is 825 g/mol. The van der Waals surface area contributed by atoms with Gasteiger partial charge in [0.25, 0.3) is 5.91 Å². The van der Waals surface area contributed by atoms with E-state index >= 15 is 0 Å². The largest absolute Gasteiger partial charge is 0.370 e. The summed E-state index contributed by atoms with van der Waals surface area (Å²) < 4.78 is 0. The third kappa shape index (κ3) is 11.5. The molecule has 3 fully saturated rings. The summed E-state index contributed by atoms with van der Waals surface area (Å²) in [5.74, 6) is -5.20. The maximum Gasteiger partial charge on any atom is 0.325 e. The standard InChI is InChI=1S/C44H58N12O8/c45-36(58)30-16-7-10-20-48-35(57)24-34-40(62)56(43(64)55-34)44(18-8-2-9-19-44)41(63)54-32(22-26-12-3-1-4-13-26)38(60)52-31(17-11-21-49-42(46)47)37(59)53-33(39(61)51-30)23-27-25-50-29-15-6-5-14-28(27)29/h1,3-6,12-15,25,30-34,50H,2,7-11,16-24H2,(H2,45,58)(H,48,57)(H,51,61)(H,52,60)(H,53,59)(H,54,63)(H,55,64)(H4,46,47,49)/t30-,31-,32-,33+,34?/m1/s1. The van der Waals surface area contributed by atoms with Crippen LogP contribution in [0.4, 0.5) is 4.79 Å². The fourth-order valence-corrected chi connectivity index (χ4v) is 8.68. The van der Waals surface area contributed by atoms with Crippen LogP contribution >= 0.6 is 0 Å². The van der Waals surface area contributed by atoms with Gasteiger partial charge in [-0.25, -0.2) is 9.69 Å². The number of fused-ring (bicyclic) bond motifs is 4. The van der Waals surface area contributed by atoms with E-state index in [1.165, 1.54) is 0 Å². The molecule has 1 unspecified atom stereocenters. The number of guanidine groups is 1. The summed E-state index contributed by atoms with van der Waals surface area (Å²) in [5.41, 5.74) is 17.3. The molecule has 2 aromatic carbocycles. The van der Waals surface area contributed by atoms with Gasteiger partial charge in [0, 0.05) is 43.0 Å². The van der Waals surface area contributed by atoms with Crippen LogP contribution in [0.25, 0.3) is 10.9 Å². The molecule has 1 saturated carbocycles. The molecule has 342 valence electrons. The van der Waals surface area contributed by atoms with E-state index in [-0.39, 0.29) is 70.4 Å². The Morgan fingerprint density at radius 1 is 0.734 bits per heavy atom. The van der Waals surface area contributed by atoms with Crippen molar-refractivity contribution in [2.75, 3.05) is 13.1 Å². The Hall–Kier alpha value is -6.99. The van der Waals surface area contributed by atoms with E-state index < -0.39 is 83.1 Å². The topological polar surface area (TPSA) is 318 Å². The van der Waals surface area contributed by atoms with Gasteiger partial charge in [-0.3, -0.25) is 38.6 Å². The molecule has 20 nitrogen and oxygen atoms in total. The Bertz CT molecular complexity index is 2240. The number of hydrogen-bond acceptors (Lipinski definition) is 9. The van der Waals surface area contributed by atoms with Gasteiger partial charge in [-0.2, -0.15) is 0 Å². The highest BCUT2D eigenvalue weighted by atomic mass is 16.2. The predicted molar refractivity (Wildman–Crippen MR) is 235 cm³/mol. The molecule has 1 aromatic heterocycles. The van der Waals surface area contributed by atoms with Crippen LogP contribution in [-0.2, 0) is 46.4 Å². The minimum absolute atomic E-state index is 0.00771. The molecule has 64 heavy (non-hydrogen) atoms. The third-order valence-corrected chi connectivity index (χ3v) is 12.1. The third-order valence-electron chi connectivity index (χ3n) is 12.1. The number of aromatic nitrogens is 1. The van der Waals surface area contributed by atoms with Crippen LogP contribution in [0.1, 0.15) is 81.8 Å². The molecule has 2 saturated heterocycles. The van der Waals surface area contributed by atoms with E-state index in [2.05, 4.69) is 41.9 Å². The smallest absolute Gasteiger partial charge is 0.325 e. The average molecular weight is 883 g/mol.